The van der Waals surface area contributed by atoms with E-state index in [-0.39, 0.29) is 126 Å². The van der Waals surface area contributed by atoms with Crippen LogP contribution in [0.15, 0.2) is 169 Å². The number of H-pyrrole nitrogens is 3. The Morgan fingerprint density at radius 3 is 0.797 bits per heavy atom. The molecule has 11 N–H and O–H groups in total. The second kappa shape index (κ2) is 150. The minimum atomic E-state index is 0. The Hall–Kier alpha value is -4.38. The Labute approximate surface area is 754 Å². The van der Waals surface area contributed by atoms with Gasteiger partial charge < -0.3 is 39.5 Å². The topological polar surface area (TPSA) is 232 Å². The minimum absolute atomic E-state index is 0. The predicted octanol–water partition coefficient (Wildman–Crippen LogP) is 27.2. The molecular weight excluding hydrogens is 1540 g/mol. The number of benzene rings is 1. The number of nitrogens with zero attached hydrogens (tertiary/aromatic N) is 4. The monoisotopic (exact) mass is 1750 g/mol. The number of aromatic amines is 3. The van der Waals surface area contributed by atoms with E-state index in [1.807, 2.05) is 113 Å². The Morgan fingerprint density at radius 1 is 0.229 bits per heavy atom. The molecule has 6 aromatic heterocycles. The number of imidazole rings is 1. The van der Waals surface area contributed by atoms with Crippen molar-refractivity contribution in [3.8, 4) is 0 Å². The number of hydrogen-bond donors (Lipinski definition) is 11. The quantitative estimate of drug-likeness (QED) is 0.0678. The summed E-state index contributed by atoms with van der Waals surface area (Å²) < 4.78 is 20.0. The fraction of sp³-hybridized carbons (Fsp3) is 0.705. The molecule has 18 rings (SSSR count). The Bertz CT molecular complexity index is 1710. The summed E-state index contributed by atoms with van der Waals surface area (Å²) in [5.74, 6) is 5.67. The minimum Gasteiger partial charge on any atom is -0.368 e. The number of thioether (sulfide) groups is 2. The van der Waals surface area contributed by atoms with Gasteiger partial charge in [0, 0.05) is 101 Å². The van der Waals surface area contributed by atoms with Crippen LogP contribution in [0.25, 0.3) is 0 Å². The molecule has 15 heterocycles. The fourth-order valence-electron chi connectivity index (χ4n) is 9.21. The highest BCUT2D eigenvalue weighted by Crippen LogP contribution is 2.17. The normalized spacial score (nSPS) is 15.5. The number of rotatable bonds is 0. The zero-order chi connectivity index (χ0) is 71.4. The summed E-state index contributed by atoms with van der Waals surface area (Å²) in [6.45, 7) is 18.4. The molecule has 710 valence electrons. The second-order valence-electron chi connectivity index (χ2n) is 23.7. The van der Waals surface area contributed by atoms with Crippen LogP contribution in [-0.4, -0.2) is 177 Å². The Kier molecular flexibility index (Phi) is 197. The lowest BCUT2D eigenvalue weighted by Crippen LogP contribution is -2.26. The summed E-state index contributed by atoms with van der Waals surface area (Å²) in [6, 6.07) is 27.5. The van der Waals surface area contributed by atoms with Gasteiger partial charge in [0.2, 0.25) is 0 Å². The van der Waals surface area contributed by atoms with Crippen molar-refractivity contribution in [2.75, 3.05) is 142 Å². The zero-order valence-corrected chi connectivity index (χ0v) is 65.3. The van der Waals surface area contributed by atoms with Gasteiger partial charge in [-0.1, -0.05) is 264 Å². The zero-order valence-electron chi connectivity index (χ0n) is 62.1. The third kappa shape index (κ3) is 146. The van der Waals surface area contributed by atoms with Crippen LogP contribution in [0, 0.1) is 0 Å². The molecule has 0 amide bonds. The highest BCUT2D eigenvalue weighted by atomic mass is 32.2. The summed E-state index contributed by atoms with van der Waals surface area (Å²) in [7, 11) is 0. The van der Waals surface area contributed by atoms with Crippen LogP contribution in [0.2, 0.25) is 0 Å². The fourth-order valence-corrected chi connectivity index (χ4v) is 12.1. The Morgan fingerprint density at radius 2 is 0.593 bits per heavy atom. The first-order chi connectivity index (χ1) is 50.5. The first-order valence-corrected chi connectivity index (χ1v) is 42.4. The van der Waals surface area contributed by atoms with Crippen LogP contribution >= 0.6 is 46.2 Å². The van der Waals surface area contributed by atoms with Crippen molar-refractivity contribution in [3.63, 3.8) is 0 Å². The number of hydrogen-bond acceptors (Lipinski definition) is 20. The number of aromatic nitrogens is 7. The molecule has 2 saturated carbocycles. The van der Waals surface area contributed by atoms with Crippen LogP contribution in [0.4, 0.5) is 0 Å². The first kappa shape index (κ1) is 154. The van der Waals surface area contributed by atoms with Gasteiger partial charge >= 0.3 is 0 Å². The molecule has 0 unspecified atom stereocenters. The van der Waals surface area contributed by atoms with E-state index in [2.05, 4.69) is 101 Å². The number of ether oxygens (including phenoxy) is 4. The molecular formula is C95H207N15O4S4. The SMILES string of the molecule is C.C.C.C.C.C.C.C.C.C.C.C.C.C.C.C.C.C1CCCC1.C1CCCCC1.C1CCNC1.C1CCNCC1.C1CCNCOCC1.C1CCOCNC1.C1CCSC1.C1CCSCC1.C1CNCOC1.C1CNNC1.C1COCN1.c1c[nH]cn1.c1cc[nH]c1.c1ccccc1.c1ccncc1.c1ccsc1.c1cn[nH]c1.c1cscn1. The maximum atomic E-state index is 5.16. The standard InChI is InChI=1S/C6H13NO.C6H12.C6H6.C5H11NO.C5H11N.C5H5N.C5H10S.C5H10.C4H9NO.C4H9N.C4H5N.C4H8S.C4H4S.C3H4N2.C3H8N2.C3H4N2.C3H7NO.C3H3NS.17CH4/c1-2-4-7-6-8-5-3-1;2*1-2-4-6-5-3-1;1-2-4-7-5-6-3-1;3*1-2-4-6-5-3-1;1-2-4-5-3-1;1-2-5-4-6-3-1;4*1-2-4-5-3-1;1-2-5-3-4-1;2*1-2-4-5-3-1;2*1-2-5-3-4-1;;;;;;;;;;;;;;;;;/h7H,1-6H2;1-6H2;1-6H;6H,1-5H2;6H,1-5H2;1-5H;1-5H2;1-5H2;5H,1-4H2;5H,1-4H2;1-5H;1-4H2;1-4H;1-3H,(H,4,5);4-5H,1-3H2;1-3H,(H,4,5);4H,1-3H2;1-3H;17*1H4. The van der Waals surface area contributed by atoms with Gasteiger partial charge in [-0.2, -0.15) is 40.0 Å². The van der Waals surface area contributed by atoms with Gasteiger partial charge in [-0.15, -0.1) is 11.3 Å². The molecule has 0 radical (unpaired) electrons. The number of thiophene rings is 1. The van der Waals surface area contributed by atoms with Gasteiger partial charge in [-0.3, -0.25) is 47.2 Å². The molecule has 1 aromatic carbocycles. The summed E-state index contributed by atoms with van der Waals surface area (Å²) in [5, 5.41) is 31.1. The van der Waals surface area contributed by atoms with Gasteiger partial charge in [-0.25, -0.2) is 4.98 Å². The molecule has 0 atom stereocenters. The lowest BCUT2D eigenvalue weighted by Gasteiger charge is -2.10. The van der Waals surface area contributed by atoms with Gasteiger partial charge in [0.15, 0.2) is 0 Å². The van der Waals surface area contributed by atoms with Crippen molar-refractivity contribution in [1.29, 1.82) is 0 Å². The molecule has 0 bridgehead atoms. The molecule has 2 aliphatic carbocycles. The lowest BCUT2D eigenvalue weighted by molar-refractivity contribution is 0.0848. The molecule has 23 heteroatoms. The van der Waals surface area contributed by atoms with Crippen LogP contribution < -0.4 is 42.8 Å². The van der Waals surface area contributed by atoms with E-state index in [4.69, 9.17) is 18.9 Å². The predicted molar refractivity (Wildman–Crippen MR) is 550 cm³/mol. The third-order valence-corrected chi connectivity index (χ3v) is 18.2. The third-order valence-electron chi connectivity index (χ3n) is 14.8. The van der Waals surface area contributed by atoms with Crippen molar-refractivity contribution in [3.05, 3.63) is 169 Å². The van der Waals surface area contributed by atoms with Crippen molar-refractivity contribution in [2.24, 2.45) is 0 Å². The average molecular weight is 1750 g/mol. The summed E-state index contributed by atoms with van der Waals surface area (Å²) in [5.41, 5.74) is 7.74. The Balaban J connectivity index is -0.0000000606. The van der Waals surface area contributed by atoms with Crippen LogP contribution in [0.5, 0.6) is 0 Å². The van der Waals surface area contributed by atoms with E-state index in [0.717, 1.165) is 92.6 Å². The highest BCUT2D eigenvalue weighted by molar-refractivity contribution is 7.99. The maximum Gasteiger partial charge on any atom is 0.0966 e. The van der Waals surface area contributed by atoms with Crippen molar-refractivity contribution < 1.29 is 18.9 Å². The number of nitrogens with one attached hydrogen (secondary N) is 11. The highest BCUT2D eigenvalue weighted by Gasteiger charge is 2.00. The van der Waals surface area contributed by atoms with Crippen LogP contribution in [-0.2, 0) is 18.9 Å². The largest absolute Gasteiger partial charge is 0.368 e. The van der Waals surface area contributed by atoms with Gasteiger partial charge in [-0.05, 0) is 206 Å². The first-order valence-electron chi connectivity index (χ1n) is 38.2. The van der Waals surface area contributed by atoms with E-state index in [9.17, 15) is 0 Å². The van der Waals surface area contributed by atoms with E-state index in [1.165, 1.54) is 229 Å². The molecule has 9 aliphatic heterocycles. The molecule has 118 heavy (non-hydrogen) atoms. The summed E-state index contributed by atoms with van der Waals surface area (Å²) in [4.78, 5) is 16.8. The molecule has 0 spiro atoms. The van der Waals surface area contributed by atoms with E-state index < -0.39 is 0 Å². The van der Waals surface area contributed by atoms with E-state index in [0.29, 0.717) is 0 Å². The molecule has 19 nitrogen and oxygen atoms in total. The molecule has 11 fully saturated rings. The number of thiazole rings is 1. The maximum absolute atomic E-state index is 5.16. The smallest absolute Gasteiger partial charge is 0.0966 e. The van der Waals surface area contributed by atoms with Gasteiger partial charge in [0.1, 0.15) is 0 Å². The van der Waals surface area contributed by atoms with Gasteiger partial charge in [0.25, 0.3) is 0 Å². The lowest BCUT2D eigenvalue weighted by atomic mass is 10.0. The van der Waals surface area contributed by atoms with E-state index >= 15 is 0 Å². The van der Waals surface area contributed by atoms with Crippen LogP contribution in [0.3, 0.4) is 0 Å². The van der Waals surface area contributed by atoms with Crippen molar-refractivity contribution >= 4 is 46.2 Å². The van der Waals surface area contributed by atoms with Crippen molar-refractivity contribution in [1.82, 2.24) is 77.9 Å². The average Bonchev–Trinajstić information content (AvgIpc) is 2.08. The van der Waals surface area contributed by atoms with E-state index in [1.54, 1.807) is 77.9 Å². The molecule has 7 aromatic rings. The number of piperidine rings is 1. The number of pyridine rings is 1. The molecule has 11 aliphatic rings. The summed E-state index contributed by atoms with van der Waals surface area (Å²) >= 11 is 7.48. The summed E-state index contributed by atoms with van der Waals surface area (Å²) in [6.07, 6.45) is 57.2. The second-order valence-corrected chi connectivity index (χ2v) is 27.8. The number of hydrazine groups is 1. The molecule has 9 saturated heterocycles. The van der Waals surface area contributed by atoms with Gasteiger partial charge in [0.05, 0.1) is 45.4 Å². The van der Waals surface area contributed by atoms with Crippen LogP contribution in [0.1, 0.15) is 306 Å². The van der Waals surface area contributed by atoms with Crippen molar-refractivity contribution in [2.45, 2.75) is 306 Å².